The number of para-hydroxylation sites is 1. The molecule has 1 unspecified atom stereocenters. The lowest BCUT2D eigenvalue weighted by Crippen LogP contribution is -2.31. The average Bonchev–Trinajstić information content (AvgIpc) is 3.12. The number of rotatable bonds is 5. The van der Waals surface area contributed by atoms with E-state index in [2.05, 4.69) is 10.2 Å². The Morgan fingerprint density at radius 1 is 1.21 bits per heavy atom. The van der Waals surface area contributed by atoms with Gasteiger partial charge in [-0.3, -0.25) is 10.2 Å². The first-order valence-electron chi connectivity index (χ1n) is 9.35. The van der Waals surface area contributed by atoms with Crippen LogP contribution in [-0.2, 0) is 12.7 Å². The van der Waals surface area contributed by atoms with Crippen LogP contribution in [0, 0.1) is 0 Å². The molecule has 29 heavy (non-hydrogen) atoms. The molecular formula is C21H24F3N3O2. The first-order valence-corrected chi connectivity index (χ1v) is 9.35. The van der Waals surface area contributed by atoms with Crippen LogP contribution in [0.1, 0.15) is 17.5 Å². The molecule has 1 heterocycles. The van der Waals surface area contributed by atoms with E-state index in [0.717, 1.165) is 25.6 Å². The van der Waals surface area contributed by atoms with Gasteiger partial charge in [-0.1, -0.05) is 24.3 Å². The van der Waals surface area contributed by atoms with Crippen LogP contribution in [0.3, 0.4) is 0 Å². The van der Waals surface area contributed by atoms with Gasteiger partial charge < -0.3 is 9.64 Å². The van der Waals surface area contributed by atoms with Gasteiger partial charge in [-0.2, -0.15) is 13.2 Å². The third-order valence-electron chi connectivity index (χ3n) is 4.99. The monoisotopic (exact) mass is 407 g/mol. The molecule has 1 atom stereocenters. The summed E-state index contributed by atoms with van der Waals surface area (Å²) < 4.78 is 45.9. The maximum atomic E-state index is 13.6. The van der Waals surface area contributed by atoms with Crippen molar-refractivity contribution in [2.75, 3.05) is 32.5 Å². The zero-order valence-corrected chi connectivity index (χ0v) is 16.4. The summed E-state index contributed by atoms with van der Waals surface area (Å²) in [5.41, 5.74) is -0.517. The van der Waals surface area contributed by atoms with E-state index in [9.17, 15) is 18.0 Å². The number of ether oxygens (including phenoxy) is 1. The van der Waals surface area contributed by atoms with Crippen LogP contribution in [0.15, 0.2) is 48.5 Å². The van der Waals surface area contributed by atoms with Crippen molar-refractivity contribution < 1.29 is 22.7 Å². The fraction of sp³-hybridized carbons (Fsp3) is 0.381. The molecule has 1 fully saturated rings. The van der Waals surface area contributed by atoms with Gasteiger partial charge in [0.2, 0.25) is 0 Å². The minimum atomic E-state index is -4.52. The van der Waals surface area contributed by atoms with Crippen LogP contribution < -0.4 is 10.1 Å². The van der Waals surface area contributed by atoms with Crippen molar-refractivity contribution in [1.82, 2.24) is 9.80 Å². The number of likely N-dealkylation sites (tertiary alicyclic amines) is 1. The lowest BCUT2D eigenvalue weighted by Gasteiger charge is -2.22. The summed E-state index contributed by atoms with van der Waals surface area (Å²) in [5, 5.41) is 2.36. The molecule has 1 amide bonds. The smallest absolute Gasteiger partial charge is 0.410 e. The number of carbonyl (C=O) groups is 1. The quantitative estimate of drug-likeness (QED) is 0.795. The summed E-state index contributed by atoms with van der Waals surface area (Å²) in [5.74, 6) is 0.308. The Bertz CT molecular complexity index is 841. The third kappa shape index (κ3) is 5.71. The summed E-state index contributed by atoms with van der Waals surface area (Å²) in [6.07, 6.45) is -4.43. The number of likely N-dealkylation sites (N-methyl/N-ethyl adjacent to an activating group) is 1. The molecule has 3 rings (SSSR count). The van der Waals surface area contributed by atoms with Crippen LogP contribution >= 0.6 is 0 Å². The van der Waals surface area contributed by atoms with Gasteiger partial charge >= 0.3 is 12.3 Å². The Kier molecular flexibility index (Phi) is 6.44. The zero-order chi connectivity index (χ0) is 21.0. The molecule has 0 aromatic heterocycles. The number of anilines is 1. The molecule has 1 aliphatic rings. The van der Waals surface area contributed by atoms with Crippen LogP contribution in [0.25, 0.3) is 0 Å². The van der Waals surface area contributed by atoms with E-state index in [-0.39, 0.29) is 17.8 Å². The molecule has 1 aliphatic heterocycles. The molecule has 1 N–H and O–H groups in total. The lowest BCUT2D eigenvalue weighted by atomic mass is 10.1. The topological polar surface area (TPSA) is 44.8 Å². The second-order valence-electron chi connectivity index (χ2n) is 7.34. The van der Waals surface area contributed by atoms with E-state index >= 15 is 0 Å². The lowest BCUT2D eigenvalue weighted by molar-refractivity contribution is -0.138. The minimum Gasteiger partial charge on any atom is -0.410 e. The summed E-state index contributed by atoms with van der Waals surface area (Å²) >= 11 is 0. The molecule has 5 nitrogen and oxygen atoms in total. The van der Waals surface area contributed by atoms with Gasteiger partial charge in [-0.05, 0) is 50.3 Å². The van der Waals surface area contributed by atoms with Crippen molar-refractivity contribution in [3.8, 4) is 5.75 Å². The fourth-order valence-corrected chi connectivity index (χ4v) is 3.41. The molecule has 2 aromatic carbocycles. The fourth-order valence-electron chi connectivity index (χ4n) is 3.41. The van der Waals surface area contributed by atoms with Gasteiger partial charge in [0.1, 0.15) is 5.75 Å². The highest BCUT2D eigenvalue weighted by Crippen LogP contribution is 2.35. The highest BCUT2D eigenvalue weighted by Gasteiger charge is 2.35. The first-order chi connectivity index (χ1) is 13.7. The highest BCUT2D eigenvalue weighted by atomic mass is 19.4. The second kappa shape index (κ2) is 8.84. The molecule has 0 spiro atoms. The van der Waals surface area contributed by atoms with E-state index in [4.69, 9.17) is 4.74 Å². The van der Waals surface area contributed by atoms with Gasteiger partial charge in [0, 0.05) is 31.4 Å². The Morgan fingerprint density at radius 3 is 2.55 bits per heavy atom. The van der Waals surface area contributed by atoms with Gasteiger partial charge in [0.15, 0.2) is 0 Å². The van der Waals surface area contributed by atoms with E-state index in [1.807, 2.05) is 19.0 Å². The van der Waals surface area contributed by atoms with Crippen LogP contribution in [0.5, 0.6) is 5.75 Å². The zero-order valence-electron chi connectivity index (χ0n) is 16.4. The van der Waals surface area contributed by atoms with Crippen molar-refractivity contribution in [3.63, 3.8) is 0 Å². The summed E-state index contributed by atoms with van der Waals surface area (Å²) in [7, 11) is 3.95. The van der Waals surface area contributed by atoms with Crippen molar-refractivity contribution in [1.29, 1.82) is 0 Å². The van der Waals surface area contributed by atoms with Crippen LogP contribution in [0.2, 0.25) is 0 Å². The number of benzene rings is 2. The van der Waals surface area contributed by atoms with Crippen LogP contribution in [-0.4, -0.2) is 49.1 Å². The second-order valence-corrected chi connectivity index (χ2v) is 7.34. The Labute approximate surface area is 168 Å². The van der Waals surface area contributed by atoms with E-state index in [1.54, 1.807) is 30.3 Å². The Morgan fingerprint density at radius 2 is 1.93 bits per heavy atom. The number of hydrogen-bond acceptors (Lipinski definition) is 4. The van der Waals surface area contributed by atoms with Gasteiger partial charge in [0.25, 0.3) is 0 Å². The molecule has 2 aromatic rings. The van der Waals surface area contributed by atoms with E-state index in [1.165, 1.54) is 12.1 Å². The molecule has 156 valence electrons. The maximum absolute atomic E-state index is 13.6. The highest BCUT2D eigenvalue weighted by molar-refractivity contribution is 5.86. The molecule has 1 saturated heterocycles. The molecule has 8 heteroatoms. The molecule has 0 radical (unpaired) electrons. The molecule has 0 bridgehead atoms. The van der Waals surface area contributed by atoms with Crippen molar-refractivity contribution in [2.45, 2.75) is 25.2 Å². The normalized spacial score (nSPS) is 17.5. The summed E-state index contributed by atoms with van der Waals surface area (Å²) in [6.45, 7) is 1.70. The number of nitrogens with zero attached hydrogens (tertiary/aromatic N) is 2. The maximum Gasteiger partial charge on any atom is 0.417 e. The Balaban J connectivity index is 1.72. The number of amides is 1. The van der Waals surface area contributed by atoms with Crippen molar-refractivity contribution >= 4 is 11.8 Å². The SMILES string of the molecule is CN(C)C1CCN(Cc2ccc(NC(=O)Oc3ccccc3)cc2C(F)(F)F)C1. The minimum absolute atomic E-state index is 0.0367. The average molecular weight is 407 g/mol. The van der Waals surface area contributed by atoms with Gasteiger partial charge in [0.05, 0.1) is 5.56 Å². The summed E-state index contributed by atoms with van der Waals surface area (Å²) in [4.78, 5) is 16.1. The predicted octanol–water partition coefficient (Wildman–Crippen LogP) is 4.45. The number of alkyl halides is 3. The predicted molar refractivity (Wildman–Crippen MR) is 105 cm³/mol. The van der Waals surface area contributed by atoms with Gasteiger partial charge in [-0.25, -0.2) is 4.79 Å². The first kappa shape index (κ1) is 21.1. The third-order valence-corrected chi connectivity index (χ3v) is 4.99. The number of nitrogens with one attached hydrogen (secondary N) is 1. The molecule has 0 saturated carbocycles. The molecular weight excluding hydrogens is 383 g/mol. The van der Waals surface area contributed by atoms with E-state index < -0.39 is 17.8 Å². The van der Waals surface area contributed by atoms with Gasteiger partial charge in [-0.15, -0.1) is 0 Å². The van der Waals surface area contributed by atoms with E-state index in [0.29, 0.717) is 11.8 Å². The van der Waals surface area contributed by atoms with Crippen molar-refractivity contribution in [3.05, 3.63) is 59.7 Å². The van der Waals surface area contributed by atoms with Crippen molar-refractivity contribution in [2.24, 2.45) is 0 Å². The summed E-state index contributed by atoms with van der Waals surface area (Å²) in [6, 6.07) is 12.5. The van der Waals surface area contributed by atoms with Crippen LogP contribution in [0.4, 0.5) is 23.7 Å². The standard InChI is InChI=1S/C21H24F3N3O2/c1-26(2)17-10-11-27(14-17)13-15-8-9-16(12-19(15)21(22,23)24)25-20(28)29-18-6-4-3-5-7-18/h3-9,12,17H,10-11,13-14H2,1-2H3,(H,25,28). The number of carbonyl (C=O) groups excluding carboxylic acids is 1. The molecule has 0 aliphatic carbocycles. The largest absolute Gasteiger partial charge is 0.417 e. The number of halogens is 3. The number of hydrogen-bond donors (Lipinski definition) is 1. The Hall–Kier alpha value is -2.58.